The van der Waals surface area contributed by atoms with Gasteiger partial charge >= 0.3 is 5.97 Å². The Labute approximate surface area is 236 Å². The fraction of sp³-hybridized carbons (Fsp3) is 0.419. The third-order valence-corrected chi connectivity index (χ3v) is 7.78. The number of pyridine rings is 1. The number of hydrogen-bond donors (Lipinski definition) is 1. The molecule has 4 rings (SSSR count). The van der Waals surface area contributed by atoms with Gasteiger partial charge in [0.1, 0.15) is 11.9 Å². The molecule has 218 valence electrons. The van der Waals surface area contributed by atoms with Gasteiger partial charge in [-0.25, -0.2) is 17.6 Å². The number of ether oxygens (including phenoxy) is 1. The lowest BCUT2D eigenvalue weighted by molar-refractivity contribution is -0.141. The van der Waals surface area contributed by atoms with Crippen LogP contribution in [-0.4, -0.2) is 61.8 Å². The molecule has 1 saturated heterocycles. The zero-order valence-electron chi connectivity index (χ0n) is 23.3. The molecule has 1 atom stereocenters. The average molecular weight is 572 g/mol. The molecule has 10 heteroatoms. The number of rotatable bonds is 9. The number of fused-ring (bicyclic) bond motifs is 1. The molecule has 0 unspecified atom stereocenters. The average Bonchev–Trinajstić information content (AvgIpc) is 2.94. The number of hydrogen-bond acceptors (Lipinski definition) is 5. The van der Waals surface area contributed by atoms with E-state index in [4.69, 9.17) is 4.74 Å². The molecule has 1 aliphatic heterocycles. The lowest BCUT2D eigenvalue weighted by Gasteiger charge is -2.41. The van der Waals surface area contributed by atoms with Crippen molar-refractivity contribution in [2.75, 3.05) is 45.7 Å². The highest BCUT2D eigenvalue weighted by Crippen LogP contribution is 2.44. The monoisotopic (exact) mass is 571 g/mol. The van der Waals surface area contributed by atoms with Crippen LogP contribution in [0.3, 0.4) is 0 Å². The molecule has 2 aromatic carbocycles. The van der Waals surface area contributed by atoms with E-state index in [-0.39, 0.29) is 18.4 Å². The van der Waals surface area contributed by atoms with Crippen LogP contribution in [0.15, 0.2) is 36.5 Å². The number of halogens is 4. The number of aromatic nitrogens is 1. The van der Waals surface area contributed by atoms with Gasteiger partial charge in [0.2, 0.25) is 0 Å². The number of nitrogens with zero attached hydrogens (tertiary/aromatic N) is 3. The maximum atomic E-state index is 16.1. The van der Waals surface area contributed by atoms with Crippen LogP contribution < -0.4 is 9.64 Å². The van der Waals surface area contributed by atoms with Gasteiger partial charge in [-0.15, -0.1) is 0 Å². The molecular weight excluding hydrogens is 538 g/mol. The summed E-state index contributed by atoms with van der Waals surface area (Å²) < 4.78 is 61.5. The third kappa shape index (κ3) is 7.09. The molecule has 6 nitrogen and oxygen atoms in total. The smallest absolute Gasteiger partial charge is 0.303 e. The van der Waals surface area contributed by atoms with Crippen LogP contribution in [0.1, 0.15) is 49.4 Å². The van der Waals surface area contributed by atoms with Crippen LogP contribution in [-0.2, 0) is 4.79 Å². The predicted molar refractivity (Wildman–Crippen MR) is 149 cm³/mol. The molecule has 41 heavy (non-hydrogen) atoms. The number of anilines is 1. The van der Waals surface area contributed by atoms with E-state index >= 15 is 4.39 Å². The quantitative estimate of drug-likeness (QED) is 0.190. The van der Waals surface area contributed by atoms with Gasteiger partial charge in [-0.1, -0.05) is 11.8 Å². The number of piperidine rings is 1. The molecule has 0 saturated carbocycles. The van der Waals surface area contributed by atoms with Gasteiger partial charge in [-0.2, -0.15) is 0 Å². The van der Waals surface area contributed by atoms with Gasteiger partial charge in [0.15, 0.2) is 17.5 Å². The minimum Gasteiger partial charge on any atom is -0.497 e. The summed E-state index contributed by atoms with van der Waals surface area (Å²) in [7, 11) is 5.20. The Morgan fingerprint density at radius 1 is 1.17 bits per heavy atom. The van der Waals surface area contributed by atoms with E-state index in [0.717, 1.165) is 12.1 Å². The number of alkyl halides is 1. The first-order valence-electron chi connectivity index (χ1n) is 13.4. The van der Waals surface area contributed by atoms with Crippen molar-refractivity contribution in [3.8, 4) is 17.6 Å². The Bertz CT molecular complexity index is 1450. The van der Waals surface area contributed by atoms with Crippen molar-refractivity contribution >= 4 is 22.6 Å². The van der Waals surface area contributed by atoms with Gasteiger partial charge < -0.3 is 14.7 Å². The van der Waals surface area contributed by atoms with Crippen LogP contribution in [0.2, 0.25) is 0 Å². The molecule has 2 heterocycles. The van der Waals surface area contributed by atoms with Gasteiger partial charge in [0, 0.05) is 30.6 Å². The maximum Gasteiger partial charge on any atom is 0.303 e. The summed E-state index contributed by atoms with van der Waals surface area (Å²) in [6.45, 7) is 1.39. The molecule has 1 aromatic heterocycles. The molecular formula is C31H33F4N3O3. The maximum absolute atomic E-state index is 16.1. The first kappa shape index (κ1) is 30.1. The number of aliphatic carboxylic acids is 1. The minimum atomic E-state index is -1.54. The summed E-state index contributed by atoms with van der Waals surface area (Å²) in [6.07, 6.45) is 1.84. The van der Waals surface area contributed by atoms with Crippen molar-refractivity contribution < 1.29 is 32.2 Å². The molecule has 3 aromatic rings. The molecule has 0 radical (unpaired) electrons. The van der Waals surface area contributed by atoms with Gasteiger partial charge in [-0.3, -0.25) is 14.7 Å². The van der Waals surface area contributed by atoms with Gasteiger partial charge in [0.25, 0.3) is 0 Å². The van der Waals surface area contributed by atoms with Crippen molar-refractivity contribution in [2.45, 2.75) is 38.3 Å². The summed E-state index contributed by atoms with van der Waals surface area (Å²) in [4.78, 5) is 20.1. The Kier molecular flexibility index (Phi) is 9.38. The fourth-order valence-corrected chi connectivity index (χ4v) is 5.47. The third-order valence-electron chi connectivity index (χ3n) is 7.78. The van der Waals surface area contributed by atoms with Crippen molar-refractivity contribution in [3.63, 3.8) is 0 Å². The second-order valence-corrected chi connectivity index (χ2v) is 10.7. The number of methoxy groups -OCH3 is 1. The number of likely N-dealkylation sites (tertiary alicyclic amines) is 1. The van der Waals surface area contributed by atoms with Gasteiger partial charge in [0.05, 0.1) is 37.5 Å². The molecule has 0 bridgehead atoms. The highest BCUT2D eigenvalue weighted by atomic mass is 19.2. The SMILES string of the molecule is COc1ccc2ncc(N(C)C)c([C@@H](F)CCC3(CC(=O)O)CCN(CC#Cc4cc(F)c(F)c(F)c4)CC3)c2c1. The van der Waals surface area contributed by atoms with E-state index in [0.29, 0.717) is 66.8 Å². The van der Waals surface area contributed by atoms with E-state index in [9.17, 15) is 23.1 Å². The number of carboxylic acids is 1. The van der Waals surface area contributed by atoms with Crippen molar-refractivity contribution in [3.05, 3.63) is 65.1 Å². The predicted octanol–water partition coefficient (Wildman–Crippen LogP) is 6.13. The van der Waals surface area contributed by atoms with E-state index in [1.807, 2.05) is 23.9 Å². The lowest BCUT2D eigenvalue weighted by atomic mass is 9.71. The van der Waals surface area contributed by atoms with Crippen LogP contribution in [0.5, 0.6) is 5.75 Å². The molecule has 1 fully saturated rings. The highest BCUT2D eigenvalue weighted by molar-refractivity contribution is 5.88. The number of carbonyl (C=O) groups is 1. The largest absolute Gasteiger partial charge is 0.497 e. The Morgan fingerprint density at radius 2 is 1.85 bits per heavy atom. The molecule has 0 aliphatic carbocycles. The number of carboxylic acid groups (broad SMARTS) is 1. The standard InChI is InChI=1S/C31H33F4N3O3/c1-37(2)27-19-36-26-7-6-21(41-3)17-22(26)29(27)23(32)8-9-31(18-28(39)40)10-13-38(14-11-31)12-4-5-20-15-24(33)30(35)25(34)16-20/h6-7,15-17,19,23H,8-14,18H2,1-3H3,(H,39,40)/t23-/m0/s1. The zero-order chi connectivity index (χ0) is 29.7. The molecule has 1 N–H and O–H groups in total. The van der Waals surface area contributed by atoms with Crippen molar-refractivity contribution in [2.24, 2.45) is 5.41 Å². The molecule has 0 spiro atoms. The van der Waals surface area contributed by atoms with E-state index in [1.165, 1.54) is 0 Å². The van der Waals surface area contributed by atoms with Gasteiger partial charge in [-0.05, 0) is 74.5 Å². The topological polar surface area (TPSA) is 65.9 Å². The second-order valence-electron chi connectivity index (χ2n) is 10.7. The summed E-state index contributed by atoms with van der Waals surface area (Å²) in [5.74, 6) is 1.03. The summed E-state index contributed by atoms with van der Waals surface area (Å²) in [6, 6.07) is 7.03. The highest BCUT2D eigenvalue weighted by Gasteiger charge is 2.37. The van der Waals surface area contributed by atoms with Crippen molar-refractivity contribution in [1.29, 1.82) is 0 Å². The van der Waals surface area contributed by atoms with Crippen LogP contribution >= 0.6 is 0 Å². The summed E-state index contributed by atoms with van der Waals surface area (Å²) >= 11 is 0. The number of benzene rings is 2. The first-order valence-corrected chi connectivity index (χ1v) is 13.4. The van der Waals surface area contributed by atoms with Crippen LogP contribution in [0.4, 0.5) is 23.2 Å². The minimum absolute atomic E-state index is 0.0333. The Morgan fingerprint density at radius 3 is 2.46 bits per heavy atom. The summed E-state index contributed by atoms with van der Waals surface area (Å²) in [5, 5.41) is 10.3. The fourth-order valence-electron chi connectivity index (χ4n) is 5.47. The van der Waals surface area contributed by atoms with E-state index < -0.39 is 35.0 Å². The van der Waals surface area contributed by atoms with Crippen molar-refractivity contribution in [1.82, 2.24) is 9.88 Å². The van der Waals surface area contributed by atoms with E-state index in [1.54, 1.807) is 31.5 Å². The normalized spacial score (nSPS) is 15.7. The Hall–Kier alpha value is -3.84. The first-order chi connectivity index (χ1) is 19.5. The molecule has 0 amide bonds. The lowest BCUT2D eigenvalue weighted by Crippen LogP contribution is -2.41. The van der Waals surface area contributed by atoms with Crippen LogP contribution in [0, 0.1) is 34.7 Å². The molecule has 1 aliphatic rings. The zero-order valence-corrected chi connectivity index (χ0v) is 23.3. The second kappa shape index (κ2) is 12.8. The summed E-state index contributed by atoms with van der Waals surface area (Å²) in [5.41, 5.74) is 1.26. The van der Waals surface area contributed by atoms with E-state index in [2.05, 4.69) is 16.8 Å². The van der Waals surface area contributed by atoms with Crippen LogP contribution in [0.25, 0.3) is 10.9 Å². The Balaban J connectivity index is 1.47.